The zero-order chi connectivity index (χ0) is 27.0. The van der Waals surface area contributed by atoms with E-state index in [1.807, 2.05) is 6.92 Å². The molecule has 12 heteroatoms. The van der Waals surface area contributed by atoms with E-state index in [2.05, 4.69) is 26.6 Å². The van der Waals surface area contributed by atoms with Crippen molar-refractivity contribution in [1.29, 1.82) is 5.26 Å². The van der Waals surface area contributed by atoms with Crippen LogP contribution in [0.3, 0.4) is 0 Å². The molecule has 2 unspecified atom stereocenters. The molecule has 0 bridgehead atoms. The van der Waals surface area contributed by atoms with Gasteiger partial charge in [0.15, 0.2) is 5.69 Å². The highest BCUT2D eigenvalue weighted by atomic mass is 19.1. The number of rotatable bonds is 6. The molecule has 0 aliphatic carbocycles. The summed E-state index contributed by atoms with van der Waals surface area (Å²) >= 11 is 0. The number of hydrogen-bond donors (Lipinski definition) is 2. The first-order chi connectivity index (χ1) is 17.5. The summed E-state index contributed by atoms with van der Waals surface area (Å²) < 4.78 is 22.0. The summed E-state index contributed by atoms with van der Waals surface area (Å²) in [7, 11) is 3.19. The van der Waals surface area contributed by atoms with Crippen LogP contribution >= 0.6 is 0 Å². The minimum atomic E-state index is -0.847. The number of nitriles is 1. The smallest absolute Gasteiger partial charge is 0.296 e. The van der Waals surface area contributed by atoms with Gasteiger partial charge in [0, 0.05) is 37.2 Å². The number of amides is 1. The molecule has 0 fully saturated rings. The third kappa shape index (κ3) is 4.47. The van der Waals surface area contributed by atoms with E-state index in [9.17, 15) is 24.3 Å². The first-order valence-electron chi connectivity index (χ1n) is 11.2. The molecule has 190 valence electrons. The molecule has 3 heterocycles. The topological polar surface area (TPSA) is 152 Å². The lowest BCUT2D eigenvalue weighted by molar-refractivity contribution is 0.101. The van der Waals surface area contributed by atoms with Gasteiger partial charge in [-0.3, -0.25) is 18.8 Å². The van der Waals surface area contributed by atoms with E-state index in [-0.39, 0.29) is 17.1 Å². The van der Waals surface area contributed by atoms with E-state index in [4.69, 9.17) is 4.52 Å². The molecule has 0 radical (unpaired) electrons. The third-order valence-corrected chi connectivity index (χ3v) is 6.46. The van der Waals surface area contributed by atoms with Crippen molar-refractivity contribution in [1.82, 2.24) is 24.5 Å². The highest BCUT2D eigenvalue weighted by molar-refractivity contribution is 6.04. The lowest BCUT2D eigenvalue weighted by Crippen LogP contribution is -2.29. The molecule has 2 atom stereocenters. The molecule has 0 aliphatic heterocycles. The van der Waals surface area contributed by atoms with E-state index in [0.717, 1.165) is 15.8 Å². The summed E-state index contributed by atoms with van der Waals surface area (Å²) in [5.74, 6) is -3.42. The van der Waals surface area contributed by atoms with Crippen molar-refractivity contribution in [3.05, 3.63) is 86.4 Å². The van der Waals surface area contributed by atoms with Crippen LogP contribution in [0.25, 0.3) is 0 Å². The van der Waals surface area contributed by atoms with Crippen LogP contribution < -0.4 is 10.9 Å². The van der Waals surface area contributed by atoms with Crippen molar-refractivity contribution in [2.24, 2.45) is 14.1 Å². The summed E-state index contributed by atoms with van der Waals surface area (Å²) in [5, 5.41) is 30.7. The van der Waals surface area contributed by atoms with Crippen LogP contribution in [-0.4, -0.2) is 35.5 Å². The number of nitrogens with zero attached hydrogens (tertiary/aromatic N) is 6. The predicted octanol–water partition coefficient (Wildman–Crippen LogP) is 3.02. The Morgan fingerprint density at radius 3 is 2.62 bits per heavy atom. The fraction of sp³-hybridized carbons (Fsp3) is 0.280. The monoisotopic (exact) mass is 505 g/mol. The van der Waals surface area contributed by atoms with Gasteiger partial charge in [-0.15, -0.1) is 0 Å². The molecule has 11 nitrogen and oxygen atoms in total. The summed E-state index contributed by atoms with van der Waals surface area (Å²) in [4.78, 5) is 30.2. The number of aryl methyl sites for hydroxylation is 2. The first-order valence-corrected chi connectivity index (χ1v) is 11.2. The van der Waals surface area contributed by atoms with Crippen LogP contribution in [-0.2, 0) is 14.1 Å². The van der Waals surface area contributed by atoms with Gasteiger partial charge in [0.2, 0.25) is 5.75 Å². The molecule has 3 aromatic heterocycles. The van der Waals surface area contributed by atoms with Gasteiger partial charge in [-0.1, -0.05) is 12.1 Å². The van der Waals surface area contributed by atoms with Gasteiger partial charge in [0.25, 0.3) is 11.5 Å². The number of aromatic hydroxyl groups is 1. The van der Waals surface area contributed by atoms with Crippen molar-refractivity contribution < 1.29 is 18.8 Å². The van der Waals surface area contributed by atoms with Gasteiger partial charge in [-0.05, 0) is 37.6 Å². The van der Waals surface area contributed by atoms with E-state index in [1.54, 1.807) is 25.6 Å². The second-order valence-corrected chi connectivity index (χ2v) is 8.72. The number of hydrogen-bond acceptors (Lipinski definition) is 8. The first kappa shape index (κ1) is 25.3. The predicted molar refractivity (Wildman–Crippen MR) is 130 cm³/mol. The van der Waals surface area contributed by atoms with Gasteiger partial charge in [-0.2, -0.15) is 10.4 Å². The highest BCUT2D eigenvalue weighted by Gasteiger charge is 2.34. The Morgan fingerprint density at radius 1 is 1.30 bits per heavy atom. The normalized spacial score (nSPS) is 12.7. The largest absolute Gasteiger partial charge is 0.501 e. The maximum absolute atomic E-state index is 14.5. The standard InChI is InChI=1S/C25H24FN7O4/c1-12(23-30-21(22(34)25(36)32(23)4)24(35)29-17-10-28-37-11-17)19(20-13(2)31-33(5)14(20)3)18-8-16(26)7-6-15(18)9-27/h6-8,10-12,19,34H,1-5H3,(H,29,35). The van der Waals surface area contributed by atoms with Crippen LogP contribution in [0.4, 0.5) is 10.1 Å². The fourth-order valence-corrected chi connectivity index (χ4v) is 4.59. The molecule has 4 rings (SSSR count). The second kappa shape index (κ2) is 9.69. The van der Waals surface area contributed by atoms with Crippen LogP contribution in [0, 0.1) is 31.0 Å². The molecule has 1 amide bonds. The zero-order valence-electron chi connectivity index (χ0n) is 20.8. The molecular weight excluding hydrogens is 481 g/mol. The Hall–Kier alpha value is -4.79. The highest BCUT2D eigenvalue weighted by Crippen LogP contribution is 2.42. The number of carbonyl (C=O) groups excluding carboxylic acids is 1. The lowest BCUT2D eigenvalue weighted by Gasteiger charge is -2.27. The van der Waals surface area contributed by atoms with Crippen molar-refractivity contribution in [3.8, 4) is 11.8 Å². The summed E-state index contributed by atoms with van der Waals surface area (Å²) in [6, 6.07) is 5.99. The Labute approximate surface area is 210 Å². The zero-order valence-corrected chi connectivity index (χ0v) is 20.8. The molecule has 0 saturated heterocycles. The number of carbonyl (C=O) groups is 1. The Morgan fingerprint density at radius 2 is 2.03 bits per heavy atom. The molecule has 2 N–H and O–H groups in total. The van der Waals surface area contributed by atoms with E-state index in [0.29, 0.717) is 11.3 Å². The van der Waals surface area contributed by atoms with Crippen molar-refractivity contribution in [2.75, 3.05) is 5.32 Å². The number of halogens is 1. The average Bonchev–Trinajstić information content (AvgIpc) is 3.46. The van der Waals surface area contributed by atoms with Gasteiger partial charge in [0.1, 0.15) is 23.6 Å². The maximum atomic E-state index is 14.5. The Bertz CT molecular complexity index is 1600. The molecular formula is C25H24FN7O4. The van der Waals surface area contributed by atoms with Crippen molar-refractivity contribution >= 4 is 11.6 Å². The molecule has 4 aromatic rings. The molecule has 37 heavy (non-hydrogen) atoms. The van der Waals surface area contributed by atoms with Crippen molar-refractivity contribution in [2.45, 2.75) is 32.6 Å². The minimum absolute atomic E-state index is 0.138. The minimum Gasteiger partial charge on any atom is -0.501 e. The summed E-state index contributed by atoms with van der Waals surface area (Å²) in [5.41, 5.74) is 1.65. The molecule has 0 saturated carbocycles. The van der Waals surface area contributed by atoms with Crippen LogP contribution in [0.5, 0.6) is 5.75 Å². The summed E-state index contributed by atoms with van der Waals surface area (Å²) in [6.45, 7) is 5.40. The van der Waals surface area contributed by atoms with E-state index >= 15 is 0 Å². The van der Waals surface area contributed by atoms with Crippen LogP contribution in [0.15, 0.2) is 40.0 Å². The number of anilines is 1. The Kier molecular flexibility index (Phi) is 6.63. The van der Waals surface area contributed by atoms with Crippen molar-refractivity contribution in [3.63, 3.8) is 0 Å². The SMILES string of the molecule is Cc1nn(C)c(C)c1C(c1cc(F)ccc1C#N)C(C)c1nc(C(=O)Nc2cnoc2)c(O)c(=O)n1C. The number of benzene rings is 1. The van der Waals surface area contributed by atoms with Crippen LogP contribution in [0.2, 0.25) is 0 Å². The average molecular weight is 506 g/mol. The maximum Gasteiger partial charge on any atom is 0.296 e. The fourth-order valence-electron chi connectivity index (χ4n) is 4.59. The van der Waals surface area contributed by atoms with Gasteiger partial charge < -0.3 is 14.9 Å². The molecule has 1 aromatic carbocycles. The number of aromatic nitrogens is 5. The van der Waals surface area contributed by atoms with Gasteiger partial charge in [-0.25, -0.2) is 9.37 Å². The van der Waals surface area contributed by atoms with Crippen LogP contribution in [0.1, 0.15) is 63.2 Å². The second-order valence-electron chi connectivity index (χ2n) is 8.72. The van der Waals surface area contributed by atoms with Gasteiger partial charge >= 0.3 is 0 Å². The third-order valence-electron chi connectivity index (χ3n) is 6.46. The lowest BCUT2D eigenvalue weighted by atomic mass is 9.78. The number of nitrogens with one attached hydrogen (secondary N) is 1. The molecule has 0 spiro atoms. The molecule has 0 aliphatic rings. The quantitative estimate of drug-likeness (QED) is 0.406. The van der Waals surface area contributed by atoms with E-state index < -0.39 is 40.6 Å². The van der Waals surface area contributed by atoms with Gasteiger partial charge in [0.05, 0.1) is 23.5 Å². The Balaban J connectivity index is 1.94. The summed E-state index contributed by atoms with van der Waals surface area (Å²) in [6.07, 6.45) is 2.42. The van der Waals surface area contributed by atoms with E-state index in [1.165, 1.54) is 37.7 Å².